The zero-order valence-electron chi connectivity index (χ0n) is 62.2. The molecule has 570 valence electrons. The molecule has 30 nitrogen and oxygen atoms in total. The molecule has 3 fully saturated rings. The quantitative estimate of drug-likeness (QED) is 0.0343. The van der Waals surface area contributed by atoms with E-state index in [1.165, 1.54) is 37.6 Å². The molecule has 1 unspecified atom stereocenters. The predicted octanol–water partition coefficient (Wildman–Crippen LogP) is 13.9. The summed E-state index contributed by atoms with van der Waals surface area (Å²) in [5.74, 6) is 0.911. The van der Waals surface area contributed by atoms with Crippen LogP contribution in [0.25, 0.3) is 100 Å². The third-order valence-electron chi connectivity index (χ3n) is 18.4. The minimum atomic E-state index is -0.644. The van der Waals surface area contributed by atoms with E-state index in [-0.39, 0.29) is 43.7 Å². The van der Waals surface area contributed by atoms with Crippen molar-refractivity contribution in [1.82, 2.24) is 89.5 Å². The molecule has 12 aromatic rings. The molecule has 1 saturated carbocycles. The molecular formula is C79H88FN21O9. The van der Waals surface area contributed by atoms with E-state index in [1.54, 1.807) is 76.4 Å². The summed E-state index contributed by atoms with van der Waals surface area (Å²) in [6.45, 7) is 19.0. The molecule has 15 rings (SSSR count). The number of pyridine rings is 3. The van der Waals surface area contributed by atoms with E-state index < -0.39 is 24.1 Å². The number of fused-ring (bicyclic) bond motifs is 3. The molecule has 3 aliphatic rings. The van der Waals surface area contributed by atoms with Crippen molar-refractivity contribution in [3.05, 3.63) is 147 Å². The average molecular weight is 1490 g/mol. The summed E-state index contributed by atoms with van der Waals surface area (Å²) in [6, 6.07) is 26.9. The van der Waals surface area contributed by atoms with Gasteiger partial charge in [0.15, 0.2) is 0 Å². The number of likely N-dealkylation sites (N-methyl/N-ethyl adjacent to an activating group) is 1. The Morgan fingerprint density at radius 3 is 1.39 bits per heavy atom. The van der Waals surface area contributed by atoms with Crippen LogP contribution < -0.4 is 30.2 Å². The number of piperidine rings is 1. The van der Waals surface area contributed by atoms with Gasteiger partial charge in [-0.05, 0) is 168 Å². The second kappa shape index (κ2) is 36.6. The van der Waals surface area contributed by atoms with E-state index in [4.69, 9.17) is 28.4 Å². The number of benzene rings is 3. The number of hydrogen-bond donors (Lipinski definition) is 6. The van der Waals surface area contributed by atoms with E-state index >= 15 is 0 Å². The van der Waals surface area contributed by atoms with Crippen LogP contribution in [0, 0.1) is 11.7 Å². The number of ether oxygens (including phenoxy) is 6. The number of nitrogens with one attached hydrogen (secondary N) is 6. The predicted molar refractivity (Wildman–Crippen MR) is 415 cm³/mol. The number of amides is 3. The van der Waals surface area contributed by atoms with Gasteiger partial charge in [-0.2, -0.15) is 0 Å². The fraction of sp³-hybridized carbons (Fsp3) is 0.354. The summed E-state index contributed by atoms with van der Waals surface area (Å²) in [5, 5.41) is 7.81. The van der Waals surface area contributed by atoms with Crippen molar-refractivity contribution >= 4 is 69.2 Å². The molecule has 11 heterocycles. The van der Waals surface area contributed by atoms with Crippen LogP contribution in [0.5, 0.6) is 18.0 Å². The summed E-state index contributed by atoms with van der Waals surface area (Å²) >= 11 is 0. The lowest BCUT2D eigenvalue weighted by molar-refractivity contribution is 0.0748. The molecule has 0 radical (unpaired) electrons. The van der Waals surface area contributed by atoms with Gasteiger partial charge in [-0.1, -0.05) is 32.4 Å². The number of hydrogen-bond acceptors (Lipinski definition) is 24. The van der Waals surface area contributed by atoms with Crippen molar-refractivity contribution in [2.45, 2.75) is 91.8 Å². The van der Waals surface area contributed by atoms with Gasteiger partial charge in [-0.25, -0.2) is 63.6 Å². The fourth-order valence-electron chi connectivity index (χ4n) is 13.2. The lowest BCUT2D eigenvalue weighted by Crippen LogP contribution is -2.45. The molecular weight excluding hydrogens is 1410 g/mol. The number of aromatic amines is 3. The standard InChI is InChI=1S/C28H33N7O3.C26H29FN8O3.C25H26N6O3/c1-4-37-28(36)34-26-32-24-13-19(12-22(25(24)33-26)23-9-5-6-10-29-23)20-14-30-27(31-15-20)38-21-8-7-11-35(17-21)16-18(2)3;1-3-37-26(36)33-24-31-21-14-17(13-19(23(21)32-24)22-20(27)5-4-6-28-22)18-15-29-25(30-16-18)38-12-11-35-9-7-34(2)8-10-35;1-2-33-25(32)31-23-29-21-13-16(12-19(22(21)30-23)20-10-6-7-11-26-20)17-14-27-24(28-15-17)34-18-8-4-3-5-9-18/h5-6,9-10,12-15,18,21H,4,7-8,11,16-17H2,1-3H3,(H2,32,33,34,36);4-6,13-16H,3,7-12H2,1-2H3,(H2,31,32,33,36);6-7,10-15,18H,2-5,8-9H2,1H3,(H2,29,30,31,32). The molecule has 0 spiro atoms. The Bertz CT molecular complexity index is 5040. The van der Waals surface area contributed by atoms with E-state index in [2.05, 4.69) is 126 Å². The largest absolute Gasteiger partial charge is 0.462 e. The van der Waals surface area contributed by atoms with Crippen molar-refractivity contribution in [1.29, 1.82) is 0 Å². The van der Waals surface area contributed by atoms with Crippen LogP contribution in [0.1, 0.15) is 79.6 Å². The first-order valence-electron chi connectivity index (χ1n) is 37.1. The van der Waals surface area contributed by atoms with Crippen LogP contribution in [0.3, 0.4) is 0 Å². The Kier molecular flexibility index (Phi) is 25.3. The number of anilines is 3. The lowest BCUT2D eigenvalue weighted by Gasteiger charge is -2.33. The number of H-pyrrole nitrogens is 3. The zero-order valence-corrected chi connectivity index (χ0v) is 62.2. The van der Waals surface area contributed by atoms with Crippen LogP contribution >= 0.6 is 0 Å². The van der Waals surface area contributed by atoms with Crippen LogP contribution in [-0.4, -0.2) is 206 Å². The minimum Gasteiger partial charge on any atom is -0.462 e. The number of imidazole rings is 3. The highest BCUT2D eigenvalue weighted by molar-refractivity contribution is 6.00. The van der Waals surface area contributed by atoms with Crippen molar-refractivity contribution in [2.24, 2.45) is 5.92 Å². The first kappa shape index (κ1) is 76.0. The Morgan fingerprint density at radius 2 is 0.936 bits per heavy atom. The second-order valence-electron chi connectivity index (χ2n) is 27.0. The summed E-state index contributed by atoms with van der Waals surface area (Å²) < 4.78 is 47.5. The Morgan fingerprint density at radius 1 is 0.491 bits per heavy atom. The van der Waals surface area contributed by atoms with E-state index in [0.717, 1.165) is 134 Å². The molecule has 6 N–H and O–H groups in total. The molecule has 3 amide bonds. The molecule has 2 aliphatic heterocycles. The molecule has 31 heteroatoms. The fourth-order valence-corrected chi connectivity index (χ4v) is 13.2. The number of nitrogens with zero attached hydrogens (tertiary/aromatic N) is 15. The van der Waals surface area contributed by atoms with Gasteiger partial charge in [0, 0.05) is 135 Å². The van der Waals surface area contributed by atoms with Crippen molar-refractivity contribution < 1.29 is 47.2 Å². The first-order chi connectivity index (χ1) is 53.7. The summed E-state index contributed by atoms with van der Waals surface area (Å²) in [6.07, 6.45) is 21.8. The topological polar surface area (TPSA) is 354 Å². The number of carbonyl (C=O) groups excluding carboxylic acids is 3. The highest BCUT2D eigenvalue weighted by Gasteiger charge is 2.25. The van der Waals surface area contributed by atoms with E-state index in [9.17, 15) is 18.8 Å². The molecule has 3 aromatic carbocycles. The summed E-state index contributed by atoms with van der Waals surface area (Å²) in [4.78, 5) is 106. The SMILES string of the molecule is CCOC(=O)Nc1nc2c(-c3ccccn3)cc(-c3cnc(OC4CCCCC4)nc3)cc2[nH]1.CCOC(=O)Nc1nc2c(-c3ccccn3)cc(-c3cnc(OC4CCCN(CC(C)C)C4)nc3)cc2[nH]1.CCOC(=O)Nc1nc2c(-c3ncccc3F)cc(-c3cnc(OCCN4CCN(C)CC4)nc3)cc2[nH]1. The Labute approximate surface area is 634 Å². The van der Waals surface area contributed by atoms with Gasteiger partial charge >= 0.3 is 36.3 Å². The Balaban J connectivity index is 0.000000145. The number of aromatic nitrogens is 15. The van der Waals surface area contributed by atoms with Gasteiger partial charge in [0.2, 0.25) is 17.8 Å². The van der Waals surface area contributed by atoms with Gasteiger partial charge in [-0.15, -0.1) is 0 Å². The normalized spacial score (nSPS) is 14.9. The third-order valence-corrected chi connectivity index (χ3v) is 18.4. The number of rotatable bonds is 22. The second-order valence-corrected chi connectivity index (χ2v) is 27.0. The first-order valence-corrected chi connectivity index (χ1v) is 37.1. The number of piperazine rings is 1. The maximum atomic E-state index is 14.7. The maximum Gasteiger partial charge on any atom is 0.413 e. The highest BCUT2D eigenvalue weighted by atomic mass is 19.1. The van der Waals surface area contributed by atoms with Crippen LogP contribution in [-0.2, 0) is 14.2 Å². The molecule has 1 atom stereocenters. The molecule has 0 bridgehead atoms. The minimum absolute atomic E-state index is 0.0933. The molecule has 110 heavy (non-hydrogen) atoms. The number of carbonyl (C=O) groups is 3. The van der Waals surface area contributed by atoms with Gasteiger partial charge in [0.05, 0.1) is 58.8 Å². The number of likely N-dealkylation sites (tertiary alicyclic amines) is 1. The maximum absolute atomic E-state index is 14.7. The summed E-state index contributed by atoms with van der Waals surface area (Å²) in [7, 11) is 2.13. The molecule has 9 aromatic heterocycles. The van der Waals surface area contributed by atoms with Crippen molar-refractivity contribution in [3.8, 4) is 85.2 Å². The smallest absolute Gasteiger partial charge is 0.413 e. The van der Waals surface area contributed by atoms with Gasteiger partial charge in [-0.3, -0.25) is 40.7 Å². The van der Waals surface area contributed by atoms with E-state index in [0.29, 0.717) is 81.2 Å². The van der Waals surface area contributed by atoms with Crippen LogP contribution in [0.2, 0.25) is 0 Å². The summed E-state index contributed by atoms with van der Waals surface area (Å²) in [5.41, 5.74) is 12.5. The van der Waals surface area contributed by atoms with Crippen LogP contribution in [0.15, 0.2) is 141 Å². The number of halogens is 1. The van der Waals surface area contributed by atoms with Gasteiger partial charge in [0.1, 0.15) is 35.8 Å². The van der Waals surface area contributed by atoms with Crippen molar-refractivity contribution in [3.63, 3.8) is 0 Å². The van der Waals surface area contributed by atoms with E-state index in [1.807, 2.05) is 66.7 Å². The average Bonchev–Trinajstić information content (AvgIpc) is 1.57. The molecule has 1 aliphatic carbocycles. The van der Waals surface area contributed by atoms with Crippen LogP contribution in [0.4, 0.5) is 36.6 Å². The van der Waals surface area contributed by atoms with Gasteiger partial charge < -0.3 is 48.3 Å². The lowest BCUT2D eigenvalue weighted by atomic mass is 9.98. The third kappa shape index (κ3) is 19.9. The van der Waals surface area contributed by atoms with Gasteiger partial charge in [0.25, 0.3) is 0 Å². The highest BCUT2D eigenvalue weighted by Crippen LogP contribution is 2.38. The molecule has 2 saturated heterocycles. The Hall–Kier alpha value is -12.2. The monoisotopic (exact) mass is 1490 g/mol. The van der Waals surface area contributed by atoms with Crippen molar-refractivity contribution in [2.75, 3.05) is 102 Å². The zero-order chi connectivity index (χ0) is 76.3.